The molecular weight excluding hydrogens is 618 g/mol. The number of thioether (sulfide) groups is 1. The molecule has 4 heterocycles. The highest BCUT2D eigenvalue weighted by atomic mass is 32.2. The van der Waals surface area contributed by atoms with E-state index in [0.29, 0.717) is 25.2 Å². The van der Waals surface area contributed by atoms with Crippen LogP contribution in [0.1, 0.15) is 19.7 Å². The first-order valence-corrected chi connectivity index (χ1v) is 15.1. The second-order valence-electron chi connectivity index (χ2n) is 10.1. The summed E-state index contributed by atoms with van der Waals surface area (Å²) in [5, 5.41) is 40.0. The number of rotatable bonds is 15. The van der Waals surface area contributed by atoms with E-state index in [4.69, 9.17) is 15.7 Å². The quantitative estimate of drug-likeness (QED) is 0.0378. The first-order chi connectivity index (χ1) is 20.9. The number of carbonyl (C=O) groups excluding carboxylic acids is 2. The molecule has 236 valence electrons. The molecule has 0 spiro atoms. The maximum Gasteiger partial charge on any atom is 0.352 e. The van der Waals surface area contributed by atoms with Gasteiger partial charge >= 0.3 is 11.9 Å². The zero-order valence-electron chi connectivity index (χ0n) is 23.7. The summed E-state index contributed by atoms with van der Waals surface area (Å²) >= 11 is 2.07. The normalized spacial score (nSPS) is 18.4. The van der Waals surface area contributed by atoms with Gasteiger partial charge in [-0.2, -0.15) is 9.36 Å². The molecule has 2 atom stereocenters. The number of carboxylic acids is 2. The molecule has 8 N–H and O–H groups in total. The van der Waals surface area contributed by atoms with Crippen molar-refractivity contribution >= 4 is 63.6 Å². The molecule has 2 aliphatic heterocycles. The Morgan fingerprint density at radius 2 is 1.95 bits per heavy atom. The molecule has 2 aliphatic rings. The summed E-state index contributed by atoms with van der Waals surface area (Å²) < 4.78 is 5.73. The highest BCUT2D eigenvalue weighted by Crippen LogP contribution is 2.40. The Hall–Kier alpha value is -4.33. The van der Waals surface area contributed by atoms with E-state index in [9.17, 15) is 29.4 Å². The van der Waals surface area contributed by atoms with Gasteiger partial charge < -0.3 is 41.8 Å². The minimum absolute atomic E-state index is 0.0193. The largest absolute Gasteiger partial charge is 0.478 e. The number of carbonyl (C=O) groups is 4. The Bertz CT molecular complexity index is 1480. The van der Waals surface area contributed by atoms with E-state index in [-0.39, 0.29) is 35.6 Å². The summed E-state index contributed by atoms with van der Waals surface area (Å²) in [6, 6.07) is 2.59. The van der Waals surface area contributed by atoms with Crippen LogP contribution in [-0.2, 0) is 30.6 Å². The highest BCUT2D eigenvalue weighted by Gasteiger charge is 2.55. The number of nitrogens with two attached hydrogens (primary N) is 1. The first kappa shape index (κ1) is 32.6. The number of aliphatic hydroxyl groups excluding tert-OH is 1. The Labute approximate surface area is 259 Å². The van der Waals surface area contributed by atoms with Crippen LogP contribution < -0.4 is 26.3 Å². The number of hydrogen-bond acceptors (Lipinski definition) is 14. The van der Waals surface area contributed by atoms with E-state index >= 15 is 0 Å². The predicted molar refractivity (Wildman–Crippen MR) is 158 cm³/mol. The number of aliphatic carboxylic acids is 2. The van der Waals surface area contributed by atoms with Crippen LogP contribution in [0, 0.1) is 0 Å². The average molecular weight is 651 g/mol. The third kappa shape index (κ3) is 7.41. The molecule has 0 bridgehead atoms. The van der Waals surface area contributed by atoms with Crippen molar-refractivity contribution in [3.05, 3.63) is 41.6 Å². The van der Waals surface area contributed by atoms with E-state index in [1.807, 2.05) is 12.1 Å². The fourth-order valence-electron chi connectivity index (χ4n) is 4.13. The van der Waals surface area contributed by atoms with Crippen LogP contribution in [0.4, 0.5) is 10.8 Å². The van der Waals surface area contributed by atoms with Gasteiger partial charge in [-0.25, -0.2) is 14.2 Å². The monoisotopic (exact) mass is 650 g/mol. The molecule has 4 rings (SSSR count). The van der Waals surface area contributed by atoms with Crippen molar-refractivity contribution in [1.29, 1.82) is 0 Å². The van der Waals surface area contributed by atoms with Gasteiger partial charge in [0.2, 0.25) is 17.1 Å². The third-order valence-electron chi connectivity index (χ3n) is 6.47. The average Bonchev–Trinajstić information content (AvgIpc) is 3.41. The lowest BCUT2D eigenvalue weighted by atomic mass is 10.0. The summed E-state index contributed by atoms with van der Waals surface area (Å²) in [5.41, 5.74) is 4.58. The van der Waals surface area contributed by atoms with E-state index in [1.54, 1.807) is 17.0 Å². The number of amides is 2. The van der Waals surface area contributed by atoms with E-state index in [0.717, 1.165) is 22.1 Å². The molecule has 0 aromatic carbocycles. The zero-order valence-corrected chi connectivity index (χ0v) is 25.4. The van der Waals surface area contributed by atoms with Crippen LogP contribution in [0.3, 0.4) is 0 Å². The van der Waals surface area contributed by atoms with E-state index in [1.165, 1.54) is 25.6 Å². The van der Waals surface area contributed by atoms with Gasteiger partial charge in [-0.05, 0) is 13.8 Å². The molecule has 2 aromatic heterocycles. The number of β-lactam (4-membered cyclic amide) rings is 1. The molecule has 2 amide bonds. The molecule has 19 heteroatoms. The van der Waals surface area contributed by atoms with Gasteiger partial charge in [0, 0.05) is 60.3 Å². The van der Waals surface area contributed by atoms with Crippen molar-refractivity contribution in [3.63, 3.8) is 0 Å². The molecule has 0 unspecified atom stereocenters. The van der Waals surface area contributed by atoms with Gasteiger partial charge in [-0.15, -0.1) is 11.8 Å². The Morgan fingerprint density at radius 1 is 1.23 bits per heavy atom. The van der Waals surface area contributed by atoms with Gasteiger partial charge in [-0.3, -0.25) is 14.5 Å². The fourth-order valence-corrected chi connectivity index (χ4v) is 5.90. The van der Waals surface area contributed by atoms with Crippen LogP contribution in [0.25, 0.3) is 0 Å². The van der Waals surface area contributed by atoms with E-state index < -0.39 is 46.5 Å². The Kier molecular flexibility index (Phi) is 10.3. The number of pyridine rings is 1. The predicted octanol–water partition coefficient (Wildman–Crippen LogP) is -1.58. The molecule has 17 nitrogen and oxygen atoms in total. The molecule has 1 fully saturated rings. The van der Waals surface area contributed by atoms with Crippen molar-refractivity contribution in [2.24, 2.45) is 5.16 Å². The van der Waals surface area contributed by atoms with Crippen molar-refractivity contribution in [1.82, 2.24) is 24.9 Å². The highest BCUT2D eigenvalue weighted by molar-refractivity contribution is 8.00. The zero-order chi connectivity index (χ0) is 32.0. The minimum atomic E-state index is -1.79. The molecule has 0 aliphatic carbocycles. The molecular formula is C25H32N9O8S2+. The van der Waals surface area contributed by atoms with Crippen LogP contribution in [-0.4, -0.2) is 108 Å². The number of oxime groups is 1. The number of aromatic nitrogens is 3. The molecule has 2 aromatic rings. The topological polar surface area (TPSA) is 246 Å². The number of nitrogens with one attached hydrogen (secondary N) is 3. The SMILES string of the molecule is CC(C)(O/N=C(\C(=O)N[C@@H]1C(=O)N2C(C(=O)O)=C(C[n+]3ccc(NCCNCCO)cc3)CS[C@H]12)c1nsc(N)n1)C(=O)O. The third-order valence-corrected chi connectivity index (χ3v) is 8.35. The number of nitrogen functional groups attached to an aromatic ring is 1. The van der Waals surface area contributed by atoms with Crippen molar-refractivity contribution in [2.75, 3.05) is 43.0 Å². The molecule has 0 radical (unpaired) electrons. The van der Waals surface area contributed by atoms with Crippen molar-refractivity contribution in [2.45, 2.75) is 37.4 Å². The number of nitrogens with zero attached hydrogens (tertiary/aromatic N) is 5. The molecule has 44 heavy (non-hydrogen) atoms. The first-order valence-electron chi connectivity index (χ1n) is 13.3. The molecule has 0 saturated carbocycles. The lowest BCUT2D eigenvalue weighted by molar-refractivity contribution is -0.688. The number of hydrogen-bond donors (Lipinski definition) is 7. The lowest BCUT2D eigenvalue weighted by Crippen LogP contribution is -2.71. The second kappa shape index (κ2) is 14.0. The summed E-state index contributed by atoms with van der Waals surface area (Å²) in [6.07, 6.45) is 3.59. The van der Waals surface area contributed by atoms with Crippen molar-refractivity contribution < 1.29 is 43.9 Å². The number of anilines is 2. The van der Waals surface area contributed by atoms with Gasteiger partial charge in [-0.1, -0.05) is 5.16 Å². The number of carboxylic acid groups (broad SMARTS) is 2. The smallest absolute Gasteiger partial charge is 0.352 e. The number of aliphatic hydroxyl groups is 1. The molecule has 1 saturated heterocycles. The maximum absolute atomic E-state index is 13.2. The number of fused-ring (bicyclic) bond motifs is 1. The van der Waals surface area contributed by atoms with Gasteiger partial charge in [0.25, 0.3) is 11.8 Å². The standard InChI is InChI=1S/C25H31N9O8S2/c1-25(2,23(40)41)42-31-15(18-30-24(26)44-32-18)19(36)29-16-20(37)34-17(22(38)39)13(12-43-21(16)34)11-33-8-3-14(4-9-33)28-6-5-27-7-10-35/h3-4,8-9,16,21,27,35H,5-7,10-12H2,1-2H3,(H5,26,29,30,32,36,38,39,40,41)/p+1/b31-15-/t16-,21-/m1/s1. The summed E-state index contributed by atoms with van der Waals surface area (Å²) in [6.45, 7) is 4.59. The van der Waals surface area contributed by atoms with Crippen LogP contribution in [0.2, 0.25) is 0 Å². The fraction of sp³-hybridized carbons (Fsp3) is 0.440. The second-order valence-corrected chi connectivity index (χ2v) is 12.0. The summed E-state index contributed by atoms with van der Waals surface area (Å²) in [7, 11) is 0. The summed E-state index contributed by atoms with van der Waals surface area (Å²) in [5.74, 6) is -4.12. The van der Waals surface area contributed by atoms with Crippen molar-refractivity contribution in [3.8, 4) is 0 Å². The van der Waals surface area contributed by atoms with Gasteiger partial charge in [0.1, 0.15) is 17.1 Å². The minimum Gasteiger partial charge on any atom is -0.478 e. The van der Waals surface area contributed by atoms with E-state index in [2.05, 4.69) is 30.5 Å². The maximum atomic E-state index is 13.2. The van der Waals surface area contributed by atoms with Crippen LogP contribution in [0.5, 0.6) is 0 Å². The lowest BCUT2D eigenvalue weighted by Gasteiger charge is -2.49. The Morgan fingerprint density at radius 3 is 2.57 bits per heavy atom. The van der Waals surface area contributed by atoms with Gasteiger partial charge in [0.15, 0.2) is 24.1 Å². The summed E-state index contributed by atoms with van der Waals surface area (Å²) in [4.78, 5) is 60.2. The van der Waals surface area contributed by atoms with Crippen LogP contribution >= 0.6 is 23.3 Å². The van der Waals surface area contributed by atoms with Crippen LogP contribution in [0.15, 0.2) is 41.0 Å². The van der Waals surface area contributed by atoms with Gasteiger partial charge in [0.05, 0.1) is 6.61 Å². The Balaban J connectivity index is 1.45.